The molecule has 2 saturated carbocycles. The molecule has 0 heterocycles. The lowest BCUT2D eigenvalue weighted by Gasteiger charge is -2.50. The third-order valence-electron chi connectivity index (χ3n) is 7.14. The maximum absolute atomic E-state index is 12.5. The highest BCUT2D eigenvalue weighted by Crippen LogP contribution is 2.60. The average Bonchev–Trinajstić information content (AvgIpc) is 2.88. The first-order valence-corrected chi connectivity index (χ1v) is 10.8. The van der Waals surface area contributed by atoms with Gasteiger partial charge in [-0.3, -0.25) is 0 Å². The Balaban J connectivity index is 1.60. The van der Waals surface area contributed by atoms with Crippen LogP contribution in [0.3, 0.4) is 0 Å². The molecule has 0 aliphatic heterocycles. The number of hydrogen-bond acceptors (Lipinski definition) is 4. The van der Waals surface area contributed by atoms with Gasteiger partial charge < -0.3 is 9.29 Å². The largest absolute Gasteiger partial charge is 0.534 e. The smallest absolute Gasteiger partial charge is 0.393 e. The Morgan fingerprint density at radius 2 is 1.93 bits per heavy atom. The van der Waals surface area contributed by atoms with Crippen LogP contribution < -0.4 is 4.18 Å². The molecule has 1 aromatic rings. The summed E-state index contributed by atoms with van der Waals surface area (Å²) in [4.78, 5) is 0. The Kier molecular flexibility index (Phi) is 4.31. The molecule has 8 heteroatoms. The number of hydrogen-bond donors (Lipinski definition) is 1. The van der Waals surface area contributed by atoms with Crippen molar-refractivity contribution in [2.24, 2.45) is 17.3 Å². The molecule has 0 spiro atoms. The first kappa shape index (κ1) is 19.1. The van der Waals surface area contributed by atoms with Crippen molar-refractivity contribution < 1.29 is 30.9 Å². The van der Waals surface area contributed by atoms with Gasteiger partial charge in [0.15, 0.2) is 0 Å². The number of fused-ring (bicyclic) bond motifs is 5. The monoisotopic (exact) mass is 404 g/mol. The third kappa shape index (κ3) is 2.95. The molecule has 0 radical (unpaired) electrons. The van der Waals surface area contributed by atoms with Crippen molar-refractivity contribution in [2.45, 2.75) is 63.0 Å². The van der Waals surface area contributed by atoms with E-state index in [9.17, 15) is 26.7 Å². The van der Waals surface area contributed by atoms with E-state index in [-0.39, 0.29) is 17.3 Å². The fourth-order valence-electron chi connectivity index (χ4n) is 5.76. The second-order valence-corrected chi connectivity index (χ2v) is 9.93. The Hall–Kier alpha value is -1.28. The van der Waals surface area contributed by atoms with E-state index in [1.807, 2.05) is 0 Å². The van der Waals surface area contributed by atoms with E-state index in [2.05, 4.69) is 11.1 Å². The summed E-state index contributed by atoms with van der Waals surface area (Å²) in [5.74, 6) is 0.937. The van der Waals surface area contributed by atoms with Gasteiger partial charge in [0.25, 0.3) is 0 Å². The SMILES string of the molecule is CC12CC[C@@H]3c4ccc(OS(=O)(=O)C(F)(F)F)cc4CCC3[C@@H]1CC[C@@H]2O. The standard InChI is InChI=1S/C19H23F3O4S/c1-18-9-8-14-13-5-3-12(26-27(24,25)19(20,21)22)10-11(13)2-4-15(14)16(18)6-7-17(18)23/h3,5,10,14-17,23H,2,4,6-9H2,1H3/t14-,15?,16+,17+,18?/m1/s1. The molecule has 0 bridgehead atoms. The normalized spacial score (nSPS) is 35.9. The minimum Gasteiger partial charge on any atom is -0.393 e. The van der Waals surface area contributed by atoms with Crippen molar-refractivity contribution >= 4 is 10.1 Å². The van der Waals surface area contributed by atoms with E-state index < -0.39 is 15.6 Å². The number of aryl methyl sites for hydroxylation is 1. The van der Waals surface area contributed by atoms with Crippen molar-refractivity contribution in [1.29, 1.82) is 0 Å². The molecule has 0 aromatic heterocycles. The lowest BCUT2D eigenvalue weighted by atomic mass is 9.55. The molecule has 5 atom stereocenters. The van der Waals surface area contributed by atoms with Crippen molar-refractivity contribution in [3.8, 4) is 5.75 Å². The van der Waals surface area contributed by atoms with E-state index >= 15 is 0 Å². The number of alkyl halides is 3. The molecule has 1 N–H and O–H groups in total. The Labute approximate surface area is 156 Å². The average molecular weight is 404 g/mol. The summed E-state index contributed by atoms with van der Waals surface area (Å²) in [6.07, 6.45) is 5.04. The molecule has 1 aromatic carbocycles. The van der Waals surface area contributed by atoms with Crippen molar-refractivity contribution in [3.05, 3.63) is 29.3 Å². The van der Waals surface area contributed by atoms with E-state index in [0.717, 1.165) is 43.2 Å². The molecule has 3 aliphatic rings. The van der Waals surface area contributed by atoms with Gasteiger partial charge in [0.2, 0.25) is 0 Å². The molecule has 0 amide bonds. The lowest BCUT2D eigenvalue weighted by Crippen LogP contribution is -2.43. The van der Waals surface area contributed by atoms with Crippen LogP contribution in [-0.4, -0.2) is 25.1 Å². The van der Waals surface area contributed by atoms with Gasteiger partial charge in [0.05, 0.1) is 6.10 Å². The molecule has 2 unspecified atom stereocenters. The Morgan fingerprint density at radius 3 is 2.63 bits per heavy atom. The number of aliphatic hydroxyl groups excluding tert-OH is 1. The highest BCUT2D eigenvalue weighted by atomic mass is 32.2. The zero-order valence-corrected chi connectivity index (χ0v) is 15.8. The van der Waals surface area contributed by atoms with Crippen LogP contribution in [0.2, 0.25) is 0 Å². The summed E-state index contributed by atoms with van der Waals surface area (Å²) in [7, 11) is -5.65. The highest BCUT2D eigenvalue weighted by Gasteiger charge is 2.54. The lowest BCUT2D eigenvalue weighted by molar-refractivity contribution is -0.0500. The van der Waals surface area contributed by atoms with Crippen molar-refractivity contribution in [3.63, 3.8) is 0 Å². The molecule has 4 nitrogen and oxygen atoms in total. The van der Waals surface area contributed by atoms with Crippen LogP contribution in [0, 0.1) is 17.3 Å². The predicted molar refractivity (Wildman–Crippen MR) is 92.7 cm³/mol. The van der Waals surface area contributed by atoms with Gasteiger partial charge in [-0.1, -0.05) is 13.0 Å². The van der Waals surface area contributed by atoms with Crippen LogP contribution in [0.5, 0.6) is 5.75 Å². The van der Waals surface area contributed by atoms with Crippen LogP contribution in [-0.2, 0) is 16.5 Å². The fraction of sp³-hybridized carbons (Fsp3) is 0.684. The first-order valence-electron chi connectivity index (χ1n) is 9.34. The van der Waals surface area contributed by atoms with Gasteiger partial charge in [-0.25, -0.2) is 0 Å². The zero-order chi connectivity index (χ0) is 19.6. The van der Waals surface area contributed by atoms with Gasteiger partial charge >= 0.3 is 15.6 Å². The number of aliphatic hydroxyl groups is 1. The third-order valence-corrected chi connectivity index (χ3v) is 8.12. The van der Waals surface area contributed by atoms with Crippen LogP contribution in [0.25, 0.3) is 0 Å². The predicted octanol–water partition coefficient (Wildman–Crippen LogP) is 4.13. The molecule has 27 heavy (non-hydrogen) atoms. The van der Waals surface area contributed by atoms with Gasteiger partial charge in [-0.05, 0) is 85.0 Å². The molecular weight excluding hydrogens is 381 g/mol. The van der Waals surface area contributed by atoms with Gasteiger partial charge in [-0.15, -0.1) is 0 Å². The van der Waals surface area contributed by atoms with Crippen LogP contribution in [0.15, 0.2) is 18.2 Å². The minimum atomic E-state index is -5.65. The van der Waals surface area contributed by atoms with Crippen molar-refractivity contribution in [1.82, 2.24) is 0 Å². The fourth-order valence-corrected chi connectivity index (χ4v) is 6.21. The molecule has 0 saturated heterocycles. The van der Waals surface area contributed by atoms with Gasteiger partial charge in [0, 0.05) is 0 Å². The Morgan fingerprint density at radius 1 is 1.19 bits per heavy atom. The molecule has 2 fully saturated rings. The molecular formula is C19H23F3O4S. The quantitative estimate of drug-likeness (QED) is 0.595. The number of halogens is 3. The number of rotatable bonds is 2. The van der Waals surface area contributed by atoms with Crippen LogP contribution in [0.4, 0.5) is 13.2 Å². The molecule has 4 rings (SSSR count). The van der Waals surface area contributed by atoms with E-state index in [0.29, 0.717) is 24.2 Å². The summed E-state index contributed by atoms with van der Waals surface area (Å²) < 4.78 is 64.4. The second kappa shape index (κ2) is 6.11. The van der Waals surface area contributed by atoms with E-state index in [4.69, 9.17) is 0 Å². The summed E-state index contributed by atoms with van der Waals surface area (Å²) in [6, 6.07) is 4.48. The maximum atomic E-state index is 12.5. The summed E-state index contributed by atoms with van der Waals surface area (Å²) in [5, 5.41) is 10.4. The number of benzene rings is 1. The minimum absolute atomic E-state index is 0.0392. The first-order chi connectivity index (χ1) is 12.5. The second-order valence-electron chi connectivity index (χ2n) is 8.40. The van der Waals surface area contributed by atoms with Crippen molar-refractivity contribution in [2.75, 3.05) is 0 Å². The molecule has 150 valence electrons. The topological polar surface area (TPSA) is 63.6 Å². The molecule has 3 aliphatic carbocycles. The summed E-state index contributed by atoms with van der Waals surface area (Å²) >= 11 is 0. The van der Waals surface area contributed by atoms with Gasteiger partial charge in [-0.2, -0.15) is 21.6 Å². The summed E-state index contributed by atoms with van der Waals surface area (Å²) in [5.41, 5.74) is -3.52. The van der Waals surface area contributed by atoms with Crippen LogP contribution >= 0.6 is 0 Å². The van der Waals surface area contributed by atoms with E-state index in [1.165, 1.54) is 12.1 Å². The van der Waals surface area contributed by atoms with Gasteiger partial charge in [0.1, 0.15) is 5.75 Å². The highest BCUT2D eigenvalue weighted by molar-refractivity contribution is 7.88. The maximum Gasteiger partial charge on any atom is 0.534 e. The zero-order valence-electron chi connectivity index (χ0n) is 15.0. The van der Waals surface area contributed by atoms with E-state index in [1.54, 1.807) is 6.07 Å². The Bertz CT molecular complexity index is 851. The van der Waals surface area contributed by atoms with Crippen LogP contribution in [0.1, 0.15) is 56.1 Å². The summed E-state index contributed by atoms with van der Waals surface area (Å²) in [6.45, 7) is 2.18.